The first-order chi connectivity index (χ1) is 8.29. The molecular weight excluding hydrogens is 321 g/mol. The number of halogens is 1. The Balaban J connectivity index is 1.93. The summed E-state index contributed by atoms with van der Waals surface area (Å²) in [6.07, 6.45) is 8.25. The van der Waals surface area contributed by atoms with Crippen molar-refractivity contribution in [2.45, 2.75) is 51.5 Å². The van der Waals surface area contributed by atoms with E-state index in [0.717, 1.165) is 5.92 Å². The molecule has 0 heterocycles. The normalized spacial score (nSPS) is 25.3. The van der Waals surface area contributed by atoms with Crippen molar-refractivity contribution in [3.63, 3.8) is 0 Å². The number of hydrogen-bond donors (Lipinski definition) is 1. The number of hydrogen-bond acceptors (Lipinski definition) is 1. The van der Waals surface area contributed by atoms with Crippen LogP contribution in [0.4, 0.5) is 5.69 Å². The lowest BCUT2D eigenvalue weighted by molar-refractivity contribution is 0.444. The van der Waals surface area contributed by atoms with Crippen molar-refractivity contribution in [2.24, 2.45) is 5.92 Å². The summed E-state index contributed by atoms with van der Waals surface area (Å²) in [7, 11) is 0. The smallest absolute Gasteiger partial charge is 0.0478 e. The molecule has 1 aromatic rings. The van der Waals surface area contributed by atoms with Crippen LogP contribution in [0, 0.1) is 9.49 Å². The molecule has 1 aromatic carbocycles. The molecule has 0 bridgehead atoms. The fraction of sp³-hybridized carbons (Fsp3) is 0.600. The van der Waals surface area contributed by atoms with E-state index in [-0.39, 0.29) is 0 Å². The minimum absolute atomic E-state index is 0.683. The number of rotatable bonds is 3. The first kappa shape index (κ1) is 13.2. The minimum atomic E-state index is 0.683. The van der Waals surface area contributed by atoms with Gasteiger partial charge in [-0.05, 0) is 59.9 Å². The average Bonchev–Trinajstić information content (AvgIpc) is 2.57. The second kappa shape index (κ2) is 6.62. The van der Waals surface area contributed by atoms with Crippen molar-refractivity contribution < 1.29 is 0 Å². The number of benzene rings is 1. The molecule has 0 aromatic heterocycles. The van der Waals surface area contributed by atoms with Crippen LogP contribution in [0.1, 0.15) is 45.4 Å². The summed E-state index contributed by atoms with van der Waals surface area (Å²) >= 11 is 2.42. The van der Waals surface area contributed by atoms with Crippen LogP contribution in [-0.4, -0.2) is 6.04 Å². The van der Waals surface area contributed by atoms with Crippen molar-refractivity contribution >= 4 is 28.3 Å². The van der Waals surface area contributed by atoms with Crippen LogP contribution >= 0.6 is 22.6 Å². The summed E-state index contributed by atoms with van der Waals surface area (Å²) < 4.78 is 1.33. The summed E-state index contributed by atoms with van der Waals surface area (Å²) in [4.78, 5) is 0. The molecule has 2 unspecified atom stereocenters. The second-order valence-electron chi connectivity index (χ2n) is 5.10. The van der Waals surface area contributed by atoms with Gasteiger partial charge in [-0.2, -0.15) is 0 Å². The van der Waals surface area contributed by atoms with Gasteiger partial charge in [0, 0.05) is 15.3 Å². The Morgan fingerprint density at radius 3 is 2.76 bits per heavy atom. The molecule has 2 heteroatoms. The van der Waals surface area contributed by atoms with E-state index in [2.05, 4.69) is 59.1 Å². The Bertz CT molecular complexity index is 351. The van der Waals surface area contributed by atoms with Gasteiger partial charge in [-0.15, -0.1) is 0 Å². The molecule has 0 spiro atoms. The Labute approximate surface area is 119 Å². The average molecular weight is 343 g/mol. The predicted octanol–water partition coefficient (Wildman–Crippen LogP) is 5.06. The van der Waals surface area contributed by atoms with Gasteiger partial charge in [-0.3, -0.25) is 0 Å². The minimum Gasteiger partial charge on any atom is -0.381 e. The van der Waals surface area contributed by atoms with E-state index in [1.807, 2.05) is 0 Å². The maximum absolute atomic E-state index is 3.73. The van der Waals surface area contributed by atoms with Gasteiger partial charge < -0.3 is 5.32 Å². The first-order valence-electron chi connectivity index (χ1n) is 6.80. The van der Waals surface area contributed by atoms with E-state index >= 15 is 0 Å². The van der Waals surface area contributed by atoms with Crippen molar-refractivity contribution in [3.05, 3.63) is 27.8 Å². The van der Waals surface area contributed by atoms with Gasteiger partial charge in [0.15, 0.2) is 0 Å². The lowest BCUT2D eigenvalue weighted by Crippen LogP contribution is -2.19. The van der Waals surface area contributed by atoms with Crippen LogP contribution in [0.25, 0.3) is 0 Å². The SMILES string of the molecule is CCC1CCCC(Nc2ccccc2I)CC1. The zero-order valence-electron chi connectivity index (χ0n) is 10.6. The van der Waals surface area contributed by atoms with Gasteiger partial charge in [0.25, 0.3) is 0 Å². The van der Waals surface area contributed by atoms with Gasteiger partial charge in [-0.25, -0.2) is 0 Å². The largest absolute Gasteiger partial charge is 0.381 e. The Morgan fingerprint density at radius 2 is 2.00 bits per heavy atom. The highest BCUT2D eigenvalue weighted by atomic mass is 127. The maximum Gasteiger partial charge on any atom is 0.0478 e. The van der Waals surface area contributed by atoms with Crippen molar-refractivity contribution in [2.75, 3.05) is 5.32 Å². The van der Waals surface area contributed by atoms with E-state index in [1.165, 1.54) is 47.8 Å². The van der Waals surface area contributed by atoms with E-state index in [4.69, 9.17) is 0 Å². The van der Waals surface area contributed by atoms with Gasteiger partial charge in [0.2, 0.25) is 0 Å². The summed E-state index contributed by atoms with van der Waals surface area (Å²) in [6, 6.07) is 9.28. The van der Waals surface area contributed by atoms with Crippen LogP contribution in [0.2, 0.25) is 0 Å². The van der Waals surface area contributed by atoms with Gasteiger partial charge in [-0.1, -0.05) is 38.3 Å². The van der Waals surface area contributed by atoms with Gasteiger partial charge >= 0.3 is 0 Å². The van der Waals surface area contributed by atoms with E-state index in [9.17, 15) is 0 Å². The fourth-order valence-electron chi connectivity index (χ4n) is 2.73. The molecule has 0 radical (unpaired) electrons. The standard InChI is InChI=1S/C15H22IN/c1-2-12-6-5-7-13(11-10-12)17-15-9-4-3-8-14(15)16/h3-4,8-9,12-13,17H,2,5-7,10-11H2,1H3. The van der Waals surface area contributed by atoms with E-state index in [0.29, 0.717) is 6.04 Å². The molecule has 2 rings (SSSR count). The van der Waals surface area contributed by atoms with Crippen molar-refractivity contribution in [1.82, 2.24) is 0 Å². The van der Waals surface area contributed by atoms with Gasteiger partial charge in [0.1, 0.15) is 0 Å². The summed E-state index contributed by atoms with van der Waals surface area (Å²) in [6.45, 7) is 2.33. The summed E-state index contributed by atoms with van der Waals surface area (Å²) in [5.74, 6) is 0.969. The van der Waals surface area contributed by atoms with Crippen molar-refractivity contribution in [1.29, 1.82) is 0 Å². The summed E-state index contributed by atoms with van der Waals surface area (Å²) in [5, 5.41) is 3.73. The third-order valence-corrected chi connectivity index (χ3v) is 4.84. The Hall–Kier alpha value is -0.250. The lowest BCUT2D eigenvalue weighted by atomic mass is 9.98. The molecule has 17 heavy (non-hydrogen) atoms. The number of para-hydroxylation sites is 1. The van der Waals surface area contributed by atoms with Crippen LogP contribution in [-0.2, 0) is 0 Å². The fourth-order valence-corrected chi connectivity index (χ4v) is 3.27. The summed E-state index contributed by atoms with van der Waals surface area (Å²) in [5.41, 5.74) is 1.31. The third-order valence-electron chi connectivity index (χ3n) is 3.90. The Morgan fingerprint density at radius 1 is 1.18 bits per heavy atom. The topological polar surface area (TPSA) is 12.0 Å². The van der Waals surface area contributed by atoms with Gasteiger partial charge in [0.05, 0.1) is 0 Å². The van der Waals surface area contributed by atoms with Crippen LogP contribution in [0.15, 0.2) is 24.3 Å². The van der Waals surface area contributed by atoms with E-state index < -0.39 is 0 Å². The molecule has 1 saturated carbocycles. The molecule has 94 valence electrons. The Kier molecular flexibility index (Phi) is 5.14. The predicted molar refractivity (Wildman–Crippen MR) is 83.4 cm³/mol. The zero-order valence-corrected chi connectivity index (χ0v) is 12.7. The third kappa shape index (κ3) is 3.87. The lowest BCUT2D eigenvalue weighted by Gasteiger charge is -2.19. The molecule has 1 fully saturated rings. The number of anilines is 1. The van der Waals surface area contributed by atoms with Crippen LogP contribution < -0.4 is 5.32 Å². The highest BCUT2D eigenvalue weighted by molar-refractivity contribution is 14.1. The molecule has 2 atom stereocenters. The monoisotopic (exact) mass is 343 g/mol. The van der Waals surface area contributed by atoms with Crippen LogP contribution in [0.3, 0.4) is 0 Å². The quantitative estimate of drug-likeness (QED) is 0.597. The van der Waals surface area contributed by atoms with Crippen molar-refractivity contribution in [3.8, 4) is 0 Å². The molecular formula is C15H22IN. The highest BCUT2D eigenvalue weighted by Gasteiger charge is 2.17. The molecule has 1 N–H and O–H groups in total. The number of nitrogens with one attached hydrogen (secondary N) is 1. The second-order valence-corrected chi connectivity index (χ2v) is 6.27. The van der Waals surface area contributed by atoms with E-state index in [1.54, 1.807) is 0 Å². The maximum atomic E-state index is 3.73. The first-order valence-corrected chi connectivity index (χ1v) is 7.88. The molecule has 0 saturated heterocycles. The molecule has 1 nitrogen and oxygen atoms in total. The molecule has 1 aliphatic rings. The molecule has 0 amide bonds. The highest BCUT2D eigenvalue weighted by Crippen LogP contribution is 2.28. The van der Waals surface area contributed by atoms with Crippen LogP contribution in [0.5, 0.6) is 0 Å². The molecule has 1 aliphatic carbocycles. The zero-order chi connectivity index (χ0) is 12.1. The molecule has 0 aliphatic heterocycles.